The molecule has 1 aromatic rings. The van der Waals surface area contributed by atoms with Gasteiger partial charge in [-0.05, 0) is 25.0 Å². The number of benzene rings is 1. The van der Waals surface area contributed by atoms with Crippen molar-refractivity contribution in [2.75, 3.05) is 26.2 Å². The summed E-state index contributed by atoms with van der Waals surface area (Å²) in [6.45, 7) is 2.06. The SMILES string of the molecule is O=C(N[C@H]1CCCNC1=O)[C@@H]1CN(C(=O)c2ccccc2)CCN1. The van der Waals surface area contributed by atoms with E-state index in [1.54, 1.807) is 17.0 Å². The minimum absolute atomic E-state index is 0.0784. The molecule has 0 aromatic heterocycles. The molecular weight excluding hydrogens is 308 g/mol. The zero-order valence-electron chi connectivity index (χ0n) is 13.5. The van der Waals surface area contributed by atoms with E-state index in [-0.39, 0.29) is 17.7 Å². The number of hydrogen-bond donors (Lipinski definition) is 3. The molecule has 3 rings (SSSR count). The predicted molar refractivity (Wildman–Crippen MR) is 88.3 cm³/mol. The zero-order chi connectivity index (χ0) is 16.9. The molecule has 3 N–H and O–H groups in total. The van der Waals surface area contributed by atoms with Crippen LogP contribution < -0.4 is 16.0 Å². The molecule has 0 unspecified atom stereocenters. The summed E-state index contributed by atoms with van der Waals surface area (Å²) < 4.78 is 0. The average molecular weight is 330 g/mol. The number of amides is 3. The van der Waals surface area contributed by atoms with Crippen molar-refractivity contribution in [3.05, 3.63) is 35.9 Å². The van der Waals surface area contributed by atoms with Crippen LogP contribution in [0.3, 0.4) is 0 Å². The van der Waals surface area contributed by atoms with Gasteiger partial charge >= 0.3 is 0 Å². The number of nitrogens with zero attached hydrogens (tertiary/aromatic N) is 1. The Morgan fingerprint density at radius 2 is 1.96 bits per heavy atom. The second kappa shape index (κ2) is 7.44. The minimum atomic E-state index is -0.499. The van der Waals surface area contributed by atoms with E-state index in [1.807, 2.05) is 18.2 Å². The molecule has 0 bridgehead atoms. The van der Waals surface area contributed by atoms with Crippen molar-refractivity contribution in [2.24, 2.45) is 0 Å². The first kappa shape index (κ1) is 16.4. The minimum Gasteiger partial charge on any atom is -0.354 e. The van der Waals surface area contributed by atoms with Crippen molar-refractivity contribution >= 4 is 17.7 Å². The third-order valence-electron chi connectivity index (χ3n) is 4.40. The van der Waals surface area contributed by atoms with E-state index in [0.717, 1.165) is 6.42 Å². The van der Waals surface area contributed by atoms with Gasteiger partial charge in [0.15, 0.2) is 0 Å². The van der Waals surface area contributed by atoms with Crippen LogP contribution in [0.2, 0.25) is 0 Å². The van der Waals surface area contributed by atoms with Crippen LogP contribution in [0.4, 0.5) is 0 Å². The number of carbonyl (C=O) groups excluding carboxylic acids is 3. The summed E-state index contributed by atoms with van der Waals surface area (Å²) in [6.07, 6.45) is 1.50. The van der Waals surface area contributed by atoms with Gasteiger partial charge in [0.05, 0.1) is 0 Å². The van der Waals surface area contributed by atoms with E-state index in [0.29, 0.717) is 38.2 Å². The Bertz CT molecular complexity index is 620. The summed E-state index contributed by atoms with van der Waals surface area (Å²) in [5.74, 6) is -0.449. The van der Waals surface area contributed by atoms with Crippen LogP contribution in [-0.4, -0.2) is 60.9 Å². The maximum atomic E-state index is 12.5. The molecule has 1 aromatic carbocycles. The van der Waals surface area contributed by atoms with Crippen molar-refractivity contribution in [2.45, 2.75) is 24.9 Å². The number of nitrogens with one attached hydrogen (secondary N) is 3. The van der Waals surface area contributed by atoms with E-state index in [9.17, 15) is 14.4 Å². The van der Waals surface area contributed by atoms with Crippen molar-refractivity contribution < 1.29 is 14.4 Å². The van der Waals surface area contributed by atoms with Gasteiger partial charge < -0.3 is 20.9 Å². The van der Waals surface area contributed by atoms with E-state index >= 15 is 0 Å². The number of piperidine rings is 1. The van der Waals surface area contributed by atoms with Gasteiger partial charge in [-0.15, -0.1) is 0 Å². The summed E-state index contributed by atoms with van der Waals surface area (Å²) in [6, 6.07) is 8.06. The summed E-state index contributed by atoms with van der Waals surface area (Å²) in [4.78, 5) is 38.4. The van der Waals surface area contributed by atoms with Crippen molar-refractivity contribution in [1.82, 2.24) is 20.9 Å². The third-order valence-corrected chi connectivity index (χ3v) is 4.40. The summed E-state index contributed by atoms with van der Waals surface area (Å²) in [5.41, 5.74) is 0.616. The number of hydrogen-bond acceptors (Lipinski definition) is 4. The highest BCUT2D eigenvalue weighted by molar-refractivity contribution is 5.95. The van der Waals surface area contributed by atoms with Gasteiger partial charge in [-0.2, -0.15) is 0 Å². The Morgan fingerprint density at radius 1 is 1.17 bits per heavy atom. The van der Waals surface area contributed by atoms with Crippen molar-refractivity contribution in [3.63, 3.8) is 0 Å². The fraction of sp³-hybridized carbons (Fsp3) is 0.471. The maximum absolute atomic E-state index is 12.5. The van der Waals surface area contributed by atoms with Gasteiger partial charge in [0.25, 0.3) is 5.91 Å². The summed E-state index contributed by atoms with van der Waals surface area (Å²) in [5, 5.41) is 8.66. The summed E-state index contributed by atoms with van der Waals surface area (Å²) in [7, 11) is 0. The molecule has 2 saturated heterocycles. The molecule has 24 heavy (non-hydrogen) atoms. The van der Waals surface area contributed by atoms with Gasteiger partial charge in [0, 0.05) is 31.7 Å². The summed E-state index contributed by atoms with van der Waals surface area (Å²) >= 11 is 0. The maximum Gasteiger partial charge on any atom is 0.253 e. The lowest BCUT2D eigenvalue weighted by Gasteiger charge is -2.34. The van der Waals surface area contributed by atoms with E-state index < -0.39 is 12.1 Å². The molecule has 2 aliphatic heterocycles. The Kier molecular flexibility index (Phi) is 5.10. The van der Waals surface area contributed by atoms with Gasteiger partial charge in [-0.3, -0.25) is 14.4 Å². The molecule has 0 radical (unpaired) electrons. The molecule has 2 fully saturated rings. The van der Waals surface area contributed by atoms with Gasteiger partial charge in [0.2, 0.25) is 11.8 Å². The first-order valence-corrected chi connectivity index (χ1v) is 8.31. The second-order valence-electron chi connectivity index (χ2n) is 6.12. The fourth-order valence-corrected chi connectivity index (χ4v) is 3.06. The predicted octanol–water partition coefficient (Wildman–Crippen LogP) is -0.505. The lowest BCUT2D eigenvalue weighted by molar-refractivity contribution is -0.131. The molecular formula is C17H22N4O3. The number of piperazine rings is 1. The molecule has 2 atom stereocenters. The van der Waals surface area contributed by atoms with E-state index in [4.69, 9.17) is 0 Å². The lowest BCUT2D eigenvalue weighted by atomic mass is 10.1. The molecule has 2 heterocycles. The van der Waals surface area contributed by atoms with Crippen LogP contribution in [-0.2, 0) is 9.59 Å². The zero-order valence-corrected chi connectivity index (χ0v) is 13.5. The second-order valence-corrected chi connectivity index (χ2v) is 6.12. The molecule has 7 heteroatoms. The average Bonchev–Trinajstić information content (AvgIpc) is 2.64. The molecule has 7 nitrogen and oxygen atoms in total. The largest absolute Gasteiger partial charge is 0.354 e. The number of rotatable bonds is 3. The molecule has 0 spiro atoms. The molecule has 0 saturated carbocycles. The van der Waals surface area contributed by atoms with Crippen LogP contribution >= 0.6 is 0 Å². The Balaban J connectivity index is 1.59. The molecule has 0 aliphatic carbocycles. The van der Waals surface area contributed by atoms with Gasteiger partial charge in [-0.1, -0.05) is 18.2 Å². The highest BCUT2D eigenvalue weighted by atomic mass is 16.2. The van der Waals surface area contributed by atoms with Crippen LogP contribution in [0.5, 0.6) is 0 Å². The Hall–Kier alpha value is -2.41. The first-order valence-electron chi connectivity index (χ1n) is 8.31. The highest BCUT2D eigenvalue weighted by Gasteiger charge is 2.31. The standard InChI is InChI=1S/C17H22N4O3/c22-15-13(7-4-8-19-15)20-16(23)14-11-21(10-9-18-14)17(24)12-5-2-1-3-6-12/h1-3,5-6,13-14,18H,4,7-11H2,(H,19,22)(H,20,23)/t13-,14-/m0/s1. The van der Waals surface area contributed by atoms with Gasteiger partial charge in [0.1, 0.15) is 12.1 Å². The highest BCUT2D eigenvalue weighted by Crippen LogP contribution is 2.09. The van der Waals surface area contributed by atoms with Crippen LogP contribution in [0.15, 0.2) is 30.3 Å². The monoisotopic (exact) mass is 330 g/mol. The Morgan fingerprint density at radius 3 is 2.71 bits per heavy atom. The van der Waals surface area contributed by atoms with E-state index in [1.165, 1.54) is 0 Å². The Labute approximate surface area is 140 Å². The van der Waals surface area contributed by atoms with Crippen LogP contribution in [0.1, 0.15) is 23.2 Å². The molecule has 2 aliphatic rings. The quantitative estimate of drug-likeness (QED) is 0.697. The van der Waals surface area contributed by atoms with Gasteiger partial charge in [-0.25, -0.2) is 0 Å². The lowest BCUT2D eigenvalue weighted by Crippen LogP contribution is -2.61. The van der Waals surface area contributed by atoms with Crippen molar-refractivity contribution in [3.8, 4) is 0 Å². The topological polar surface area (TPSA) is 90.5 Å². The third kappa shape index (κ3) is 3.73. The number of carbonyl (C=O) groups is 3. The first-order chi connectivity index (χ1) is 11.6. The van der Waals surface area contributed by atoms with Crippen LogP contribution in [0, 0.1) is 0 Å². The normalized spacial score (nSPS) is 24.2. The molecule has 3 amide bonds. The van der Waals surface area contributed by atoms with Crippen LogP contribution in [0.25, 0.3) is 0 Å². The van der Waals surface area contributed by atoms with E-state index in [2.05, 4.69) is 16.0 Å². The smallest absolute Gasteiger partial charge is 0.253 e. The fourth-order valence-electron chi connectivity index (χ4n) is 3.06. The molecule has 128 valence electrons. The van der Waals surface area contributed by atoms with Crippen molar-refractivity contribution in [1.29, 1.82) is 0 Å².